The van der Waals surface area contributed by atoms with E-state index in [2.05, 4.69) is 0 Å². The molecule has 216 valence electrons. The van der Waals surface area contributed by atoms with Gasteiger partial charge in [0.25, 0.3) is 5.91 Å². The van der Waals surface area contributed by atoms with Crippen LogP contribution in [0.25, 0.3) is 0 Å². The summed E-state index contributed by atoms with van der Waals surface area (Å²) in [6.45, 7) is 2.28. The normalized spacial score (nSPS) is 17.6. The van der Waals surface area contributed by atoms with E-state index in [-0.39, 0.29) is 5.56 Å². The fourth-order valence-electron chi connectivity index (χ4n) is 4.85. The van der Waals surface area contributed by atoms with E-state index in [4.69, 9.17) is 17.3 Å². The Morgan fingerprint density at radius 3 is 2.37 bits per heavy atom. The number of likely N-dealkylation sites (N-methyl/N-ethyl adjacent to an activating group) is 1. The zero-order valence-corrected chi connectivity index (χ0v) is 24.5. The third-order valence-electron chi connectivity index (χ3n) is 6.86. The first kappa shape index (κ1) is 30.5. The Kier molecular flexibility index (Phi) is 9.68. The minimum Gasteiger partial charge on any atom is -0.368 e. The zero-order chi connectivity index (χ0) is 29.8. The fourth-order valence-corrected chi connectivity index (χ4v) is 6.43. The van der Waals surface area contributed by atoms with E-state index in [1.54, 1.807) is 23.1 Å². The van der Waals surface area contributed by atoms with Gasteiger partial charge in [0.05, 0.1) is 17.4 Å². The molecule has 0 bridgehead atoms. The number of benzene rings is 3. The first-order valence-corrected chi connectivity index (χ1v) is 14.2. The van der Waals surface area contributed by atoms with Crippen LogP contribution in [0.4, 0.5) is 14.5 Å². The van der Waals surface area contributed by atoms with Gasteiger partial charge in [0.1, 0.15) is 23.7 Å². The van der Waals surface area contributed by atoms with E-state index < -0.39 is 53.1 Å². The van der Waals surface area contributed by atoms with Crippen molar-refractivity contribution in [3.8, 4) is 0 Å². The molecule has 0 unspecified atom stereocenters. The molecule has 4 rings (SSSR count). The molecule has 3 aromatic carbocycles. The Morgan fingerprint density at radius 1 is 1.05 bits per heavy atom. The summed E-state index contributed by atoms with van der Waals surface area (Å²) in [5.74, 6) is -3.60. The highest BCUT2D eigenvalue weighted by Gasteiger charge is 2.46. The number of nitrogens with zero attached hydrogens (tertiary/aromatic N) is 3. The molecule has 0 fully saturated rings. The molecule has 3 atom stereocenters. The van der Waals surface area contributed by atoms with Gasteiger partial charge in [0.15, 0.2) is 0 Å². The van der Waals surface area contributed by atoms with E-state index >= 15 is 0 Å². The Labute approximate surface area is 247 Å². The van der Waals surface area contributed by atoms with Crippen LogP contribution in [0.2, 0.25) is 5.02 Å². The lowest BCUT2D eigenvalue weighted by atomic mass is 9.98. The van der Waals surface area contributed by atoms with Crippen molar-refractivity contribution in [2.75, 3.05) is 32.1 Å². The fraction of sp³-hybridized carbons (Fsp3) is 0.300. The number of halogens is 3. The minimum absolute atomic E-state index is 0.0648. The molecule has 3 aromatic rings. The van der Waals surface area contributed by atoms with E-state index in [1.165, 1.54) is 23.6 Å². The van der Waals surface area contributed by atoms with Crippen LogP contribution >= 0.6 is 23.4 Å². The number of primary amides is 1. The molecule has 41 heavy (non-hydrogen) atoms. The third kappa shape index (κ3) is 7.06. The summed E-state index contributed by atoms with van der Waals surface area (Å²) in [5, 5.41) is -0.256. The monoisotopic (exact) mass is 600 g/mol. The summed E-state index contributed by atoms with van der Waals surface area (Å²) < 4.78 is 28.0. The number of carbonyl (C=O) groups is 3. The number of carbonyl (C=O) groups excluding carboxylic acids is 3. The van der Waals surface area contributed by atoms with Crippen molar-refractivity contribution in [3.05, 3.63) is 94.5 Å². The Morgan fingerprint density at radius 2 is 1.73 bits per heavy atom. The van der Waals surface area contributed by atoms with Gasteiger partial charge >= 0.3 is 0 Å². The van der Waals surface area contributed by atoms with Crippen molar-refractivity contribution in [3.63, 3.8) is 0 Å². The summed E-state index contributed by atoms with van der Waals surface area (Å²) in [5.41, 5.74) is 7.12. The molecule has 0 saturated carbocycles. The number of anilines is 1. The summed E-state index contributed by atoms with van der Waals surface area (Å²) in [4.78, 5) is 46.7. The second-order valence-electron chi connectivity index (χ2n) is 10.1. The maximum absolute atomic E-state index is 14.6. The average Bonchev–Trinajstić information content (AvgIpc) is 3.01. The highest BCUT2D eigenvalue weighted by molar-refractivity contribution is 7.99. The van der Waals surface area contributed by atoms with Crippen molar-refractivity contribution < 1.29 is 23.2 Å². The van der Waals surface area contributed by atoms with E-state index in [0.29, 0.717) is 35.4 Å². The van der Waals surface area contributed by atoms with Gasteiger partial charge in [-0.25, -0.2) is 8.78 Å². The highest BCUT2D eigenvalue weighted by atomic mass is 35.5. The van der Waals surface area contributed by atoms with Crippen LogP contribution in [0.1, 0.15) is 23.3 Å². The number of hydrogen-bond donors (Lipinski definition) is 1. The molecule has 1 heterocycles. The molecule has 11 heteroatoms. The van der Waals surface area contributed by atoms with E-state index in [1.807, 2.05) is 49.3 Å². The smallest absolute Gasteiger partial charge is 0.251 e. The molecule has 7 nitrogen and oxygen atoms in total. The van der Waals surface area contributed by atoms with Crippen LogP contribution in [0, 0.1) is 11.6 Å². The molecule has 0 saturated heterocycles. The van der Waals surface area contributed by atoms with Crippen molar-refractivity contribution in [2.24, 2.45) is 5.73 Å². The second-order valence-corrected chi connectivity index (χ2v) is 11.8. The summed E-state index contributed by atoms with van der Waals surface area (Å²) in [7, 11) is 3.77. The summed E-state index contributed by atoms with van der Waals surface area (Å²) in [6, 6.07) is 14.8. The molecule has 0 radical (unpaired) electrons. The van der Waals surface area contributed by atoms with Crippen LogP contribution in [0.3, 0.4) is 0 Å². The van der Waals surface area contributed by atoms with Crippen LogP contribution in [0.15, 0.2) is 71.6 Å². The van der Waals surface area contributed by atoms with Gasteiger partial charge in [-0.05, 0) is 68.5 Å². The van der Waals surface area contributed by atoms with Gasteiger partial charge in [0.2, 0.25) is 11.8 Å². The molecule has 1 aliphatic heterocycles. The molecule has 0 aliphatic carbocycles. The predicted octanol–water partition coefficient (Wildman–Crippen LogP) is 4.67. The van der Waals surface area contributed by atoms with Gasteiger partial charge in [-0.3, -0.25) is 14.4 Å². The molecular weight excluding hydrogens is 570 g/mol. The average molecular weight is 601 g/mol. The maximum atomic E-state index is 14.6. The maximum Gasteiger partial charge on any atom is 0.251 e. The van der Waals surface area contributed by atoms with Crippen LogP contribution in [-0.2, 0) is 20.8 Å². The standard InChI is InChI=1S/C30H31ClF2N4O3S/c1-18(29(34)39)37(26(38)15-19-13-22(32)17-23(33)14-19)27-28(20-7-6-8-21(31)16-20)41-25-10-5-4-9-24(25)36(30(27)40)12-11-35(2)3/h4-10,13-14,16-18,27-28H,11-12,15H2,1-3H3,(H2,34,39)/t18-,27-,28+/m0/s1. The van der Waals surface area contributed by atoms with E-state index in [9.17, 15) is 23.2 Å². The largest absolute Gasteiger partial charge is 0.368 e. The van der Waals surface area contributed by atoms with Crippen LogP contribution < -0.4 is 10.6 Å². The lowest BCUT2D eigenvalue weighted by Crippen LogP contribution is -2.59. The number of rotatable bonds is 9. The Hall–Kier alpha value is -3.47. The lowest BCUT2D eigenvalue weighted by Gasteiger charge is -2.39. The Bertz CT molecular complexity index is 1440. The van der Waals surface area contributed by atoms with Gasteiger partial charge in [-0.2, -0.15) is 0 Å². The molecule has 2 N–H and O–H groups in total. The third-order valence-corrected chi connectivity index (χ3v) is 8.48. The van der Waals surface area contributed by atoms with Crippen LogP contribution in [0.5, 0.6) is 0 Å². The van der Waals surface area contributed by atoms with E-state index in [0.717, 1.165) is 17.0 Å². The van der Waals surface area contributed by atoms with Crippen molar-refractivity contribution in [2.45, 2.75) is 35.6 Å². The first-order chi connectivity index (χ1) is 19.5. The SMILES string of the molecule is C[C@@H](C(N)=O)N(C(=O)Cc1cc(F)cc(F)c1)[C@@H]1C(=O)N(CCN(C)C)c2ccccc2S[C@@H]1c1cccc(Cl)c1. The lowest BCUT2D eigenvalue weighted by molar-refractivity contribution is -0.145. The minimum atomic E-state index is -1.21. The second kappa shape index (κ2) is 13.0. The quantitative estimate of drug-likeness (QED) is 0.386. The van der Waals surface area contributed by atoms with Crippen LogP contribution in [-0.4, -0.2) is 66.8 Å². The summed E-state index contributed by atoms with van der Waals surface area (Å²) in [6.07, 6.45) is -0.451. The molecule has 0 spiro atoms. The predicted molar refractivity (Wildman–Crippen MR) is 157 cm³/mol. The Balaban J connectivity index is 1.89. The van der Waals surface area contributed by atoms with Crippen molar-refractivity contribution in [1.29, 1.82) is 0 Å². The zero-order valence-electron chi connectivity index (χ0n) is 22.9. The molecular formula is C30H31ClF2N4O3S. The van der Waals surface area contributed by atoms with Gasteiger partial charge in [-0.1, -0.05) is 35.9 Å². The van der Waals surface area contributed by atoms with Gasteiger partial charge in [0, 0.05) is 29.1 Å². The first-order valence-electron chi connectivity index (χ1n) is 13.0. The van der Waals surface area contributed by atoms with Crippen molar-refractivity contribution in [1.82, 2.24) is 9.80 Å². The number of fused-ring (bicyclic) bond motifs is 1. The van der Waals surface area contributed by atoms with Gasteiger partial charge < -0.3 is 20.4 Å². The molecule has 0 aromatic heterocycles. The molecule has 3 amide bonds. The number of hydrogen-bond acceptors (Lipinski definition) is 5. The number of amides is 3. The van der Waals surface area contributed by atoms with Gasteiger partial charge in [-0.15, -0.1) is 11.8 Å². The number of nitrogens with two attached hydrogens (primary N) is 1. The highest BCUT2D eigenvalue weighted by Crippen LogP contribution is 2.48. The molecule has 1 aliphatic rings. The number of para-hydroxylation sites is 1. The number of thioether (sulfide) groups is 1. The topological polar surface area (TPSA) is 86.9 Å². The summed E-state index contributed by atoms with van der Waals surface area (Å²) >= 11 is 7.73. The van der Waals surface area contributed by atoms with Crippen molar-refractivity contribution >= 4 is 46.8 Å².